The first kappa shape index (κ1) is 16.8. The van der Waals surface area contributed by atoms with Gasteiger partial charge in [-0.05, 0) is 38.9 Å². The first-order valence-corrected chi connectivity index (χ1v) is 6.06. The van der Waals surface area contributed by atoms with Gasteiger partial charge in [-0.2, -0.15) is 0 Å². The minimum absolute atomic E-state index is 0.222. The van der Waals surface area contributed by atoms with E-state index in [0.29, 0.717) is 0 Å². The van der Waals surface area contributed by atoms with Gasteiger partial charge < -0.3 is 10.0 Å². The third-order valence-corrected chi connectivity index (χ3v) is 1.92. The Labute approximate surface area is 94.5 Å². The highest BCUT2D eigenvalue weighted by molar-refractivity contribution is 5.66. The molecule has 0 atom stereocenters. The fourth-order valence-electron chi connectivity index (χ4n) is 1.28. The summed E-state index contributed by atoms with van der Waals surface area (Å²) in [6.07, 6.45) is 4.10. The molecule has 0 unspecified atom stereocenters. The Morgan fingerprint density at radius 2 is 1.20 bits per heavy atom. The second-order valence-corrected chi connectivity index (χ2v) is 3.59. The summed E-state index contributed by atoms with van der Waals surface area (Å²) in [5.74, 6) is -0.745. The van der Waals surface area contributed by atoms with Gasteiger partial charge in [0.05, 0.1) is 0 Å². The van der Waals surface area contributed by atoms with E-state index in [0.717, 1.165) is 0 Å². The van der Waals surface area contributed by atoms with Gasteiger partial charge in [0.2, 0.25) is 0 Å². The fourth-order valence-corrected chi connectivity index (χ4v) is 1.28. The Hall–Kier alpha value is -0.570. The zero-order valence-corrected chi connectivity index (χ0v) is 10.8. The van der Waals surface area contributed by atoms with Gasteiger partial charge in [0.25, 0.3) is 0 Å². The van der Waals surface area contributed by atoms with Crippen molar-refractivity contribution in [3.63, 3.8) is 0 Å². The highest BCUT2D eigenvalue weighted by atomic mass is 16.4. The second-order valence-electron chi connectivity index (χ2n) is 3.59. The molecule has 0 bridgehead atoms. The summed E-state index contributed by atoms with van der Waals surface area (Å²) in [6, 6.07) is 0. The van der Waals surface area contributed by atoms with E-state index >= 15 is 0 Å². The summed E-state index contributed by atoms with van der Waals surface area (Å²) in [6.45, 7) is 12.2. The van der Waals surface area contributed by atoms with Crippen LogP contribution in [0.5, 0.6) is 0 Å². The Bertz CT molecular complexity index is 123. The lowest BCUT2D eigenvalue weighted by Crippen LogP contribution is -2.25. The Balaban J connectivity index is 0. The molecule has 0 aromatic carbocycles. The van der Waals surface area contributed by atoms with Crippen LogP contribution in [0.25, 0.3) is 0 Å². The van der Waals surface area contributed by atoms with Crippen LogP contribution < -0.4 is 0 Å². The van der Waals surface area contributed by atoms with E-state index in [-0.39, 0.29) is 6.42 Å². The largest absolute Gasteiger partial charge is 0.481 e. The van der Waals surface area contributed by atoms with E-state index in [1.807, 2.05) is 0 Å². The van der Waals surface area contributed by atoms with Crippen LogP contribution in [-0.4, -0.2) is 35.6 Å². The lowest BCUT2D eigenvalue weighted by Gasteiger charge is -2.19. The summed E-state index contributed by atoms with van der Waals surface area (Å²) in [7, 11) is 0. The molecular formula is C12H27NO2. The van der Waals surface area contributed by atoms with Crippen LogP contribution in [0.1, 0.15) is 53.4 Å². The zero-order chi connectivity index (χ0) is 12.1. The highest BCUT2D eigenvalue weighted by Crippen LogP contribution is 1.94. The highest BCUT2D eigenvalue weighted by Gasteiger charge is 1.98. The third kappa shape index (κ3) is 16.1. The lowest BCUT2D eigenvalue weighted by molar-refractivity contribution is -0.136. The molecule has 0 rings (SSSR count). The average molecular weight is 217 g/mol. The molecule has 3 nitrogen and oxygen atoms in total. The molecule has 0 aliphatic rings. The Morgan fingerprint density at radius 1 is 0.933 bits per heavy atom. The average Bonchev–Trinajstić information content (AvgIpc) is 2.20. The number of hydrogen-bond acceptors (Lipinski definition) is 2. The fraction of sp³-hybridized carbons (Fsp3) is 0.917. The normalized spacial score (nSPS) is 9.67. The molecule has 0 aromatic rings. The Morgan fingerprint density at radius 3 is 1.33 bits per heavy atom. The molecule has 0 spiro atoms. The molecule has 0 amide bonds. The first-order valence-electron chi connectivity index (χ1n) is 6.06. The van der Waals surface area contributed by atoms with Crippen LogP contribution in [0.2, 0.25) is 0 Å². The summed E-state index contributed by atoms with van der Waals surface area (Å²) in [5, 5.41) is 7.72. The maximum absolute atomic E-state index is 9.37. The Kier molecular flexibility index (Phi) is 15.1. The van der Waals surface area contributed by atoms with Gasteiger partial charge in [-0.1, -0.05) is 27.7 Å². The number of carboxylic acids is 1. The van der Waals surface area contributed by atoms with E-state index in [1.165, 1.54) is 38.9 Å². The van der Waals surface area contributed by atoms with Crippen LogP contribution >= 0.6 is 0 Å². The summed E-state index contributed by atoms with van der Waals surface area (Å²) >= 11 is 0. The monoisotopic (exact) mass is 217 g/mol. The molecule has 0 heterocycles. The van der Waals surface area contributed by atoms with Crippen molar-refractivity contribution in [2.45, 2.75) is 53.4 Å². The van der Waals surface area contributed by atoms with Crippen molar-refractivity contribution in [3.8, 4) is 0 Å². The lowest BCUT2D eigenvalue weighted by atomic mass is 10.3. The molecule has 15 heavy (non-hydrogen) atoms. The van der Waals surface area contributed by atoms with Crippen molar-refractivity contribution in [2.75, 3.05) is 19.6 Å². The van der Waals surface area contributed by atoms with Crippen LogP contribution in [0.15, 0.2) is 0 Å². The van der Waals surface area contributed by atoms with Gasteiger partial charge in [-0.15, -0.1) is 0 Å². The van der Waals surface area contributed by atoms with Crippen LogP contribution in [0.3, 0.4) is 0 Å². The SMILES string of the molecule is CCC(=O)O.CCCN(CCC)CCC. The predicted octanol–water partition coefficient (Wildman–Crippen LogP) is 3.00. The van der Waals surface area contributed by atoms with Gasteiger partial charge in [0.1, 0.15) is 0 Å². The molecule has 0 fully saturated rings. The number of carboxylic acid groups (broad SMARTS) is 1. The topological polar surface area (TPSA) is 40.5 Å². The van der Waals surface area contributed by atoms with E-state index in [1.54, 1.807) is 6.92 Å². The molecule has 0 saturated carbocycles. The van der Waals surface area contributed by atoms with Gasteiger partial charge in [0.15, 0.2) is 0 Å². The van der Waals surface area contributed by atoms with E-state index in [9.17, 15) is 4.79 Å². The molecule has 1 N–H and O–H groups in total. The summed E-state index contributed by atoms with van der Waals surface area (Å²) in [5.41, 5.74) is 0. The van der Waals surface area contributed by atoms with Crippen molar-refractivity contribution in [2.24, 2.45) is 0 Å². The van der Waals surface area contributed by atoms with Crippen LogP contribution in [0, 0.1) is 0 Å². The predicted molar refractivity (Wildman–Crippen MR) is 65.2 cm³/mol. The molecule has 0 saturated heterocycles. The molecule has 0 aliphatic heterocycles. The standard InChI is InChI=1S/C9H21N.C3H6O2/c1-4-7-10(8-5-2)9-6-3;1-2-3(4)5/h4-9H2,1-3H3;2H2,1H3,(H,4,5). The summed E-state index contributed by atoms with van der Waals surface area (Å²) < 4.78 is 0. The number of carbonyl (C=O) groups is 1. The smallest absolute Gasteiger partial charge is 0.303 e. The van der Waals surface area contributed by atoms with E-state index < -0.39 is 5.97 Å². The molecule has 3 heteroatoms. The molecule has 0 aliphatic carbocycles. The van der Waals surface area contributed by atoms with Crippen molar-refractivity contribution in [1.29, 1.82) is 0 Å². The zero-order valence-electron chi connectivity index (χ0n) is 10.8. The molecule has 0 radical (unpaired) electrons. The first-order chi connectivity index (χ1) is 7.12. The number of rotatable bonds is 7. The van der Waals surface area contributed by atoms with E-state index in [2.05, 4.69) is 25.7 Å². The minimum Gasteiger partial charge on any atom is -0.481 e. The van der Waals surface area contributed by atoms with Gasteiger partial charge in [0, 0.05) is 6.42 Å². The number of hydrogen-bond donors (Lipinski definition) is 1. The van der Waals surface area contributed by atoms with Gasteiger partial charge >= 0.3 is 5.97 Å². The molecule has 0 aromatic heterocycles. The van der Waals surface area contributed by atoms with Crippen molar-refractivity contribution >= 4 is 5.97 Å². The number of aliphatic carboxylic acids is 1. The van der Waals surface area contributed by atoms with Crippen molar-refractivity contribution in [1.82, 2.24) is 4.90 Å². The maximum atomic E-state index is 9.37. The van der Waals surface area contributed by atoms with Crippen LogP contribution in [-0.2, 0) is 4.79 Å². The summed E-state index contributed by atoms with van der Waals surface area (Å²) in [4.78, 5) is 11.9. The van der Waals surface area contributed by atoms with Gasteiger partial charge in [-0.3, -0.25) is 4.79 Å². The van der Waals surface area contributed by atoms with E-state index in [4.69, 9.17) is 5.11 Å². The molecular weight excluding hydrogens is 190 g/mol. The quantitative estimate of drug-likeness (QED) is 0.712. The van der Waals surface area contributed by atoms with Gasteiger partial charge in [-0.25, -0.2) is 0 Å². The van der Waals surface area contributed by atoms with Crippen molar-refractivity contribution < 1.29 is 9.90 Å². The van der Waals surface area contributed by atoms with Crippen molar-refractivity contribution in [3.05, 3.63) is 0 Å². The molecule has 92 valence electrons. The minimum atomic E-state index is -0.745. The van der Waals surface area contributed by atoms with Crippen LogP contribution in [0.4, 0.5) is 0 Å². The number of nitrogens with zero attached hydrogens (tertiary/aromatic N) is 1. The maximum Gasteiger partial charge on any atom is 0.303 e. The third-order valence-electron chi connectivity index (χ3n) is 1.92. The second kappa shape index (κ2) is 13.4.